The van der Waals surface area contributed by atoms with Crippen LogP contribution in [-0.4, -0.2) is 56.7 Å². The highest BCUT2D eigenvalue weighted by atomic mass is 32.2. The summed E-state index contributed by atoms with van der Waals surface area (Å²) in [5.41, 5.74) is 0. The van der Waals surface area contributed by atoms with Gasteiger partial charge in [0.05, 0.1) is 6.61 Å². The minimum Gasteiger partial charge on any atom is -0.480 e. The molecule has 0 aliphatic carbocycles. The molecule has 1 amide bonds. The number of rotatable bonds is 7. The van der Waals surface area contributed by atoms with Gasteiger partial charge in [-0.1, -0.05) is 0 Å². The number of ether oxygens (including phenoxy) is 1. The molecule has 1 atom stereocenters. The maximum Gasteiger partial charge on any atom is 0.318 e. The molecule has 0 rings (SSSR count). The molecule has 0 aromatic rings. The van der Waals surface area contributed by atoms with Crippen LogP contribution in [0.3, 0.4) is 0 Å². The summed E-state index contributed by atoms with van der Waals surface area (Å²) < 4.78 is 27.0. The number of aliphatic carboxylic acids is 1. The molecular formula is C8H15NO6S. The summed E-state index contributed by atoms with van der Waals surface area (Å²) in [5.74, 6) is -4.07. The molecule has 0 radical (unpaired) electrons. The second kappa shape index (κ2) is 6.44. The second-order valence-corrected chi connectivity index (χ2v) is 5.41. The molecule has 0 aromatic heterocycles. The van der Waals surface area contributed by atoms with Gasteiger partial charge >= 0.3 is 5.97 Å². The van der Waals surface area contributed by atoms with Crippen molar-refractivity contribution in [3.63, 3.8) is 0 Å². The van der Waals surface area contributed by atoms with E-state index in [4.69, 9.17) is 9.84 Å². The summed E-state index contributed by atoms with van der Waals surface area (Å²) in [6, 6.07) is -0.322. The average molecular weight is 253 g/mol. The molecule has 0 spiro atoms. The van der Waals surface area contributed by atoms with Crippen LogP contribution in [0.2, 0.25) is 0 Å². The molecule has 7 nitrogen and oxygen atoms in total. The van der Waals surface area contributed by atoms with Gasteiger partial charge in [0.25, 0.3) is 0 Å². The Labute approximate surface area is 93.7 Å². The molecule has 0 fully saturated rings. The van der Waals surface area contributed by atoms with Crippen LogP contribution >= 0.6 is 0 Å². The van der Waals surface area contributed by atoms with Crippen molar-refractivity contribution in [2.45, 2.75) is 13.0 Å². The van der Waals surface area contributed by atoms with Gasteiger partial charge in [-0.3, -0.25) is 9.59 Å². The molecule has 0 aliphatic heterocycles. The largest absolute Gasteiger partial charge is 0.480 e. The van der Waals surface area contributed by atoms with Crippen molar-refractivity contribution in [1.82, 2.24) is 5.32 Å². The van der Waals surface area contributed by atoms with Gasteiger partial charge in [-0.05, 0) is 6.92 Å². The fourth-order valence-corrected chi connectivity index (χ4v) is 2.01. The summed E-state index contributed by atoms with van der Waals surface area (Å²) in [6.45, 7) is 1.90. The summed E-state index contributed by atoms with van der Waals surface area (Å²) in [5, 5.41) is 10.7. The number of nitrogens with one attached hydrogen (secondary N) is 1. The molecule has 94 valence electrons. The Morgan fingerprint density at radius 1 is 1.38 bits per heavy atom. The zero-order valence-electron chi connectivity index (χ0n) is 9.10. The van der Waals surface area contributed by atoms with E-state index in [2.05, 4.69) is 5.32 Å². The Kier molecular flexibility index (Phi) is 5.97. The minimum atomic E-state index is -3.89. The minimum absolute atomic E-state index is 0.255. The first-order valence-electron chi connectivity index (χ1n) is 4.47. The Hall–Kier alpha value is -1.15. The number of sulfone groups is 1. The highest BCUT2D eigenvalue weighted by Gasteiger charge is 2.21. The van der Waals surface area contributed by atoms with Crippen molar-refractivity contribution in [2.75, 3.05) is 25.2 Å². The van der Waals surface area contributed by atoms with E-state index in [1.807, 2.05) is 0 Å². The van der Waals surface area contributed by atoms with E-state index in [-0.39, 0.29) is 12.6 Å². The van der Waals surface area contributed by atoms with Crippen LogP contribution in [0.15, 0.2) is 0 Å². The molecule has 0 aromatic carbocycles. The van der Waals surface area contributed by atoms with Crippen molar-refractivity contribution in [3.05, 3.63) is 0 Å². The van der Waals surface area contributed by atoms with Gasteiger partial charge in [0.2, 0.25) is 5.91 Å². The number of amides is 1. The highest BCUT2D eigenvalue weighted by molar-refractivity contribution is 7.92. The highest BCUT2D eigenvalue weighted by Crippen LogP contribution is 1.91. The molecular weight excluding hydrogens is 238 g/mol. The van der Waals surface area contributed by atoms with Crippen LogP contribution in [-0.2, 0) is 24.2 Å². The van der Waals surface area contributed by atoms with Crippen LogP contribution in [0.1, 0.15) is 6.92 Å². The number of hydrogen-bond acceptors (Lipinski definition) is 5. The van der Waals surface area contributed by atoms with E-state index in [0.717, 1.165) is 0 Å². The quantitative estimate of drug-likeness (QED) is 0.579. The van der Waals surface area contributed by atoms with E-state index in [9.17, 15) is 18.0 Å². The van der Waals surface area contributed by atoms with E-state index in [1.165, 1.54) is 7.11 Å². The van der Waals surface area contributed by atoms with E-state index in [1.54, 1.807) is 6.92 Å². The average Bonchev–Trinajstić information content (AvgIpc) is 1.98. The second-order valence-electron chi connectivity index (χ2n) is 3.35. The summed E-state index contributed by atoms with van der Waals surface area (Å²) in [7, 11) is -2.44. The number of carboxylic acids is 1. The smallest absolute Gasteiger partial charge is 0.318 e. The van der Waals surface area contributed by atoms with E-state index < -0.39 is 33.2 Å². The van der Waals surface area contributed by atoms with Crippen molar-refractivity contribution >= 4 is 21.7 Å². The molecule has 2 N–H and O–H groups in total. The zero-order valence-corrected chi connectivity index (χ0v) is 9.91. The SMILES string of the molecule is COCC(C)NC(=O)CS(=O)(=O)CC(=O)O. The number of carboxylic acid groups (broad SMARTS) is 1. The Balaban J connectivity index is 4.19. The lowest BCUT2D eigenvalue weighted by Gasteiger charge is -2.12. The molecule has 16 heavy (non-hydrogen) atoms. The summed E-state index contributed by atoms with van der Waals surface area (Å²) in [4.78, 5) is 21.4. The van der Waals surface area contributed by atoms with Crippen LogP contribution in [0.5, 0.6) is 0 Å². The number of methoxy groups -OCH3 is 1. The lowest BCUT2D eigenvalue weighted by Crippen LogP contribution is -2.40. The number of carbonyl (C=O) groups is 2. The first-order valence-corrected chi connectivity index (χ1v) is 6.29. The van der Waals surface area contributed by atoms with Gasteiger partial charge in [-0.25, -0.2) is 8.42 Å². The van der Waals surface area contributed by atoms with Crippen LogP contribution in [0, 0.1) is 0 Å². The van der Waals surface area contributed by atoms with E-state index >= 15 is 0 Å². The lowest BCUT2D eigenvalue weighted by atomic mass is 10.3. The summed E-state index contributed by atoms with van der Waals surface area (Å²) in [6.07, 6.45) is 0. The number of hydrogen-bond donors (Lipinski definition) is 2. The van der Waals surface area contributed by atoms with E-state index in [0.29, 0.717) is 0 Å². The first-order chi connectivity index (χ1) is 7.26. The summed E-state index contributed by atoms with van der Waals surface area (Å²) >= 11 is 0. The third-order valence-electron chi connectivity index (χ3n) is 1.52. The Morgan fingerprint density at radius 3 is 2.38 bits per heavy atom. The first kappa shape index (κ1) is 14.8. The molecule has 0 saturated heterocycles. The standard InChI is InChI=1S/C8H15NO6S/c1-6(3-15-2)9-7(10)4-16(13,14)5-8(11)12/h6H,3-5H2,1-2H3,(H,9,10)(H,11,12). The monoisotopic (exact) mass is 253 g/mol. The molecule has 0 saturated carbocycles. The number of carbonyl (C=O) groups excluding carboxylic acids is 1. The fraction of sp³-hybridized carbons (Fsp3) is 0.750. The third-order valence-corrected chi connectivity index (χ3v) is 2.91. The van der Waals surface area contributed by atoms with Crippen LogP contribution < -0.4 is 5.32 Å². The third kappa shape index (κ3) is 7.18. The normalized spacial score (nSPS) is 13.1. The zero-order chi connectivity index (χ0) is 12.8. The van der Waals surface area contributed by atoms with Crippen LogP contribution in [0.4, 0.5) is 0 Å². The van der Waals surface area contributed by atoms with Gasteiger partial charge in [-0.15, -0.1) is 0 Å². The van der Waals surface area contributed by atoms with Crippen molar-refractivity contribution < 1.29 is 27.9 Å². The van der Waals surface area contributed by atoms with Crippen molar-refractivity contribution in [2.24, 2.45) is 0 Å². The lowest BCUT2D eigenvalue weighted by molar-refractivity contribution is -0.134. The topological polar surface area (TPSA) is 110 Å². The maximum atomic E-state index is 11.2. The predicted octanol–water partition coefficient (Wildman–Crippen LogP) is -1.36. The predicted molar refractivity (Wildman–Crippen MR) is 55.8 cm³/mol. The Morgan fingerprint density at radius 2 is 1.94 bits per heavy atom. The molecule has 1 unspecified atom stereocenters. The van der Waals surface area contributed by atoms with Gasteiger partial charge in [0.15, 0.2) is 9.84 Å². The van der Waals surface area contributed by atoms with Gasteiger partial charge < -0.3 is 15.2 Å². The van der Waals surface area contributed by atoms with Gasteiger partial charge in [0.1, 0.15) is 11.5 Å². The molecule has 8 heteroatoms. The van der Waals surface area contributed by atoms with Gasteiger partial charge in [-0.2, -0.15) is 0 Å². The molecule has 0 bridgehead atoms. The van der Waals surface area contributed by atoms with Crippen molar-refractivity contribution in [3.8, 4) is 0 Å². The maximum absolute atomic E-state index is 11.2. The van der Waals surface area contributed by atoms with Crippen molar-refractivity contribution in [1.29, 1.82) is 0 Å². The van der Waals surface area contributed by atoms with Crippen LogP contribution in [0.25, 0.3) is 0 Å². The fourth-order valence-electron chi connectivity index (χ4n) is 1.05. The molecule has 0 aliphatic rings. The van der Waals surface area contributed by atoms with Gasteiger partial charge in [0, 0.05) is 13.2 Å². The molecule has 0 heterocycles. The Bertz CT molecular complexity index is 350.